The monoisotopic (exact) mass is 595 g/mol. The smallest absolute Gasteiger partial charge is 0.244 e. The number of nitrogens with zero attached hydrogens (tertiary/aromatic N) is 2. The Balaban J connectivity index is 1.74. The molecule has 0 saturated heterocycles. The third kappa shape index (κ3) is 8.31. The normalized spacial score (nSPS) is 14.5. The molecule has 0 unspecified atom stereocenters. The number of sulfonamides is 1. The Morgan fingerprint density at radius 1 is 0.952 bits per heavy atom. The zero-order valence-electron chi connectivity index (χ0n) is 24.0. The number of benzene rings is 3. The fraction of sp³-hybridized carbons (Fsp3) is 0.375. The minimum Gasteiger partial charge on any atom is -0.497 e. The van der Waals surface area contributed by atoms with Gasteiger partial charge in [-0.3, -0.25) is 13.9 Å². The maximum atomic E-state index is 14.8. The Bertz CT molecular complexity index is 1460. The largest absolute Gasteiger partial charge is 0.497 e. The predicted molar refractivity (Wildman–Crippen MR) is 161 cm³/mol. The van der Waals surface area contributed by atoms with E-state index in [1.54, 1.807) is 18.2 Å². The van der Waals surface area contributed by atoms with Gasteiger partial charge in [0.1, 0.15) is 24.2 Å². The zero-order chi connectivity index (χ0) is 30.1. The molecule has 0 radical (unpaired) electrons. The number of hydrogen-bond acceptors (Lipinski definition) is 5. The van der Waals surface area contributed by atoms with E-state index in [1.807, 2.05) is 36.4 Å². The third-order valence-electron chi connectivity index (χ3n) is 7.51. The van der Waals surface area contributed by atoms with Crippen molar-refractivity contribution in [3.05, 3.63) is 95.8 Å². The molecule has 0 aliphatic heterocycles. The van der Waals surface area contributed by atoms with Crippen LogP contribution >= 0.6 is 0 Å². The van der Waals surface area contributed by atoms with Crippen LogP contribution < -0.4 is 14.4 Å². The Morgan fingerprint density at radius 3 is 2.29 bits per heavy atom. The number of carbonyl (C=O) groups excluding carboxylic acids is 2. The molecule has 8 nitrogen and oxygen atoms in total. The standard InChI is InChI=1S/C32H38FN3O5S/c1-41-27-17-11-14-25(20-27)22-35(31(37)23-36(42(2,39)40)29-19-10-9-18-28(29)33)30(21-24-12-5-3-6-13-24)32(38)34-26-15-7-4-8-16-26/h3,5-6,9-14,17-20,26,30H,4,7-8,15-16,21-23H2,1-2H3,(H,34,38)/t30-/m0/s1. The van der Waals surface area contributed by atoms with E-state index < -0.39 is 34.3 Å². The Hall–Kier alpha value is -3.92. The number of methoxy groups -OCH3 is 1. The SMILES string of the molecule is COc1cccc(CN(C(=O)CN(c2ccccc2F)S(C)(=O)=O)[C@@H](Cc2ccccc2)C(=O)NC2CCCCC2)c1. The summed E-state index contributed by atoms with van der Waals surface area (Å²) in [6, 6.07) is 21.0. The number of carbonyl (C=O) groups is 2. The van der Waals surface area contributed by atoms with Gasteiger partial charge in [0.2, 0.25) is 21.8 Å². The molecule has 3 aromatic rings. The molecule has 1 aliphatic rings. The fourth-order valence-electron chi connectivity index (χ4n) is 5.31. The molecule has 224 valence electrons. The second-order valence-electron chi connectivity index (χ2n) is 10.6. The van der Waals surface area contributed by atoms with Crippen molar-refractivity contribution >= 4 is 27.5 Å². The molecule has 1 saturated carbocycles. The summed E-state index contributed by atoms with van der Waals surface area (Å²) in [5.41, 5.74) is 1.31. The highest BCUT2D eigenvalue weighted by Gasteiger charge is 2.34. The fourth-order valence-corrected chi connectivity index (χ4v) is 6.16. The molecule has 2 amide bonds. The molecule has 0 bridgehead atoms. The van der Waals surface area contributed by atoms with E-state index in [4.69, 9.17) is 4.74 Å². The summed E-state index contributed by atoms with van der Waals surface area (Å²) in [5.74, 6) is -1.13. The minimum atomic E-state index is -4.05. The van der Waals surface area contributed by atoms with E-state index in [0.717, 1.165) is 54.3 Å². The maximum absolute atomic E-state index is 14.8. The summed E-state index contributed by atoms with van der Waals surface area (Å²) in [4.78, 5) is 29.5. The van der Waals surface area contributed by atoms with Crippen LogP contribution in [0.15, 0.2) is 78.9 Å². The van der Waals surface area contributed by atoms with Gasteiger partial charge in [-0.05, 0) is 48.2 Å². The first-order valence-electron chi connectivity index (χ1n) is 14.1. The summed E-state index contributed by atoms with van der Waals surface area (Å²) < 4.78 is 46.6. The topological polar surface area (TPSA) is 96.0 Å². The number of rotatable bonds is 12. The van der Waals surface area contributed by atoms with Gasteiger partial charge >= 0.3 is 0 Å². The molecular formula is C32H38FN3O5S. The van der Waals surface area contributed by atoms with Gasteiger partial charge in [0.25, 0.3) is 0 Å². The maximum Gasteiger partial charge on any atom is 0.244 e. The molecule has 1 N–H and O–H groups in total. The second-order valence-corrected chi connectivity index (χ2v) is 12.6. The van der Waals surface area contributed by atoms with Gasteiger partial charge in [0, 0.05) is 19.0 Å². The van der Waals surface area contributed by atoms with Gasteiger partial charge in [-0.2, -0.15) is 0 Å². The molecule has 0 spiro atoms. The Labute approximate surface area is 247 Å². The summed E-state index contributed by atoms with van der Waals surface area (Å²) in [6.45, 7) is -0.660. The van der Waals surface area contributed by atoms with Crippen molar-refractivity contribution in [3.8, 4) is 5.75 Å². The van der Waals surface area contributed by atoms with E-state index in [0.29, 0.717) is 11.3 Å². The minimum absolute atomic E-state index is 0.00391. The van der Waals surface area contributed by atoms with E-state index >= 15 is 0 Å². The lowest BCUT2D eigenvalue weighted by molar-refractivity contribution is -0.140. The quantitative estimate of drug-likeness (QED) is 0.328. The van der Waals surface area contributed by atoms with E-state index in [9.17, 15) is 22.4 Å². The lowest BCUT2D eigenvalue weighted by atomic mass is 9.94. The number of amides is 2. The van der Waals surface area contributed by atoms with Crippen LogP contribution in [0.5, 0.6) is 5.75 Å². The van der Waals surface area contributed by atoms with Crippen LogP contribution in [0.25, 0.3) is 0 Å². The number of anilines is 1. The number of hydrogen-bond donors (Lipinski definition) is 1. The number of para-hydroxylation sites is 1. The first kappa shape index (κ1) is 31.0. The van der Waals surface area contributed by atoms with Crippen LogP contribution in [0, 0.1) is 5.82 Å². The van der Waals surface area contributed by atoms with Gasteiger partial charge in [0.15, 0.2) is 0 Å². The van der Waals surface area contributed by atoms with Crippen LogP contribution in [0.2, 0.25) is 0 Å². The molecular weight excluding hydrogens is 557 g/mol. The average Bonchev–Trinajstić information content (AvgIpc) is 2.98. The predicted octanol–water partition coefficient (Wildman–Crippen LogP) is 4.69. The molecule has 1 fully saturated rings. The summed E-state index contributed by atoms with van der Waals surface area (Å²) in [7, 11) is -2.52. The zero-order valence-corrected chi connectivity index (χ0v) is 24.9. The van der Waals surface area contributed by atoms with Crippen molar-refractivity contribution in [2.75, 3.05) is 24.2 Å². The van der Waals surface area contributed by atoms with Crippen molar-refractivity contribution in [3.63, 3.8) is 0 Å². The molecule has 0 aromatic heterocycles. The molecule has 4 rings (SSSR count). The average molecular weight is 596 g/mol. The van der Waals surface area contributed by atoms with E-state index in [2.05, 4.69) is 5.32 Å². The van der Waals surface area contributed by atoms with Crippen LogP contribution in [-0.4, -0.2) is 57.1 Å². The summed E-state index contributed by atoms with van der Waals surface area (Å²) in [5, 5.41) is 3.16. The molecule has 3 aromatic carbocycles. The van der Waals surface area contributed by atoms with Crippen LogP contribution in [0.4, 0.5) is 10.1 Å². The number of nitrogens with one attached hydrogen (secondary N) is 1. The van der Waals surface area contributed by atoms with Gasteiger partial charge in [-0.1, -0.05) is 73.9 Å². The van der Waals surface area contributed by atoms with Crippen LogP contribution in [0.1, 0.15) is 43.2 Å². The highest BCUT2D eigenvalue weighted by atomic mass is 32.2. The van der Waals surface area contributed by atoms with Crippen molar-refractivity contribution in [1.82, 2.24) is 10.2 Å². The highest BCUT2D eigenvalue weighted by molar-refractivity contribution is 7.92. The molecule has 1 atom stereocenters. The Morgan fingerprint density at radius 2 is 1.62 bits per heavy atom. The second kappa shape index (κ2) is 14.3. The summed E-state index contributed by atoms with van der Waals surface area (Å²) in [6.07, 6.45) is 6.03. The van der Waals surface area contributed by atoms with Gasteiger partial charge in [-0.15, -0.1) is 0 Å². The van der Waals surface area contributed by atoms with Crippen molar-refractivity contribution in [2.45, 2.75) is 57.2 Å². The van der Waals surface area contributed by atoms with Crippen molar-refractivity contribution in [2.24, 2.45) is 0 Å². The lowest BCUT2D eigenvalue weighted by Gasteiger charge is -2.35. The first-order chi connectivity index (χ1) is 20.2. The molecule has 0 heterocycles. The lowest BCUT2D eigenvalue weighted by Crippen LogP contribution is -2.55. The molecule has 10 heteroatoms. The van der Waals surface area contributed by atoms with Gasteiger partial charge in [-0.25, -0.2) is 12.8 Å². The number of ether oxygens (including phenoxy) is 1. The van der Waals surface area contributed by atoms with E-state index in [1.165, 1.54) is 30.2 Å². The third-order valence-corrected chi connectivity index (χ3v) is 8.64. The Kier molecular flexibility index (Phi) is 10.6. The van der Waals surface area contributed by atoms with Crippen LogP contribution in [-0.2, 0) is 32.6 Å². The molecule has 42 heavy (non-hydrogen) atoms. The summed E-state index contributed by atoms with van der Waals surface area (Å²) >= 11 is 0. The number of halogens is 1. The first-order valence-corrected chi connectivity index (χ1v) is 16.0. The van der Waals surface area contributed by atoms with Crippen LogP contribution in [0.3, 0.4) is 0 Å². The van der Waals surface area contributed by atoms with Crippen molar-refractivity contribution < 1.29 is 27.1 Å². The van der Waals surface area contributed by atoms with Gasteiger partial charge in [0.05, 0.1) is 19.1 Å². The highest BCUT2D eigenvalue weighted by Crippen LogP contribution is 2.24. The molecule has 1 aliphatic carbocycles. The van der Waals surface area contributed by atoms with Gasteiger partial charge < -0.3 is 15.0 Å². The van der Waals surface area contributed by atoms with E-state index in [-0.39, 0.29) is 30.6 Å². The van der Waals surface area contributed by atoms with Crippen molar-refractivity contribution in [1.29, 1.82) is 0 Å².